The first-order valence-electron chi connectivity index (χ1n) is 6.79. The average molecular weight is 280 g/mol. The van der Waals surface area contributed by atoms with Crippen molar-refractivity contribution in [3.63, 3.8) is 0 Å². The summed E-state index contributed by atoms with van der Waals surface area (Å²) in [4.78, 5) is 10.7. The van der Waals surface area contributed by atoms with Crippen molar-refractivity contribution >= 4 is 5.69 Å². The van der Waals surface area contributed by atoms with Gasteiger partial charge in [-0.15, -0.1) is 0 Å². The Hall–Kier alpha value is -1.82. The van der Waals surface area contributed by atoms with Gasteiger partial charge in [0.1, 0.15) is 6.61 Å². The smallest absolute Gasteiger partial charge is 0.352 e. The molecule has 1 aliphatic rings. The molecule has 0 spiro atoms. The zero-order valence-corrected chi connectivity index (χ0v) is 11.6. The Morgan fingerprint density at radius 1 is 1.30 bits per heavy atom. The Morgan fingerprint density at radius 2 is 1.95 bits per heavy atom. The molecule has 0 saturated heterocycles. The van der Waals surface area contributed by atoms with Gasteiger partial charge in [0.05, 0.1) is 17.6 Å². The highest BCUT2D eigenvalue weighted by molar-refractivity contribution is 5.57. The summed E-state index contributed by atoms with van der Waals surface area (Å²) in [6.45, 7) is 0.293. The van der Waals surface area contributed by atoms with Crippen molar-refractivity contribution in [3.8, 4) is 11.5 Å². The van der Waals surface area contributed by atoms with Crippen molar-refractivity contribution in [1.29, 1.82) is 0 Å². The standard InChI is InChI=1S/C14H20N2O4/c1-19-11-6-5-7-12(13(11)16(17)18)20-10-14(15)8-3-2-4-9-14/h5-7H,2-4,8-10,15H2,1H3. The summed E-state index contributed by atoms with van der Waals surface area (Å²) in [6.07, 6.45) is 5.15. The number of hydrogen-bond acceptors (Lipinski definition) is 5. The molecule has 1 aromatic carbocycles. The van der Waals surface area contributed by atoms with E-state index in [4.69, 9.17) is 15.2 Å². The minimum Gasteiger partial charge on any atom is -0.490 e. The Labute approximate surface area is 118 Å². The Balaban J connectivity index is 2.14. The second kappa shape index (κ2) is 6.09. The lowest BCUT2D eigenvalue weighted by atomic mass is 9.83. The fraction of sp³-hybridized carbons (Fsp3) is 0.571. The maximum atomic E-state index is 11.1. The minimum atomic E-state index is -0.488. The van der Waals surface area contributed by atoms with Crippen LogP contribution in [0.25, 0.3) is 0 Å². The van der Waals surface area contributed by atoms with Crippen LogP contribution >= 0.6 is 0 Å². The molecule has 0 amide bonds. The summed E-state index contributed by atoms with van der Waals surface area (Å²) in [6, 6.07) is 4.79. The number of methoxy groups -OCH3 is 1. The molecule has 1 aromatic rings. The number of nitrogens with two attached hydrogens (primary N) is 1. The first-order valence-corrected chi connectivity index (χ1v) is 6.79. The zero-order chi connectivity index (χ0) is 14.6. The van der Waals surface area contributed by atoms with E-state index in [0.717, 1.165) is 25.7 Å². The number of rotatable bonds is 5. The molecule has 20 heavy (non-hydrogen) atoms. The lowest BCUT2D eigenvalue weighted by Gasteiger charge is -2.32. The van der Waals surface area contributed by atoms with Crippen LogP contribution < -0.4 is 15.2 Å². The highest BCUT2D eigenvalue weighted by Gasteiger charge is 2.30. The molecule has 0 atom stereocenters. The van der Waals surface area contributed by atoms with Crippen molar-refractivity contribution in [2.75, 3.05) is 13.7 Å². The van der Waals surface area contributed by atoms with E-state index in [0.29, 0.717) is 6.61 Å². The Bertz CT molecular complexity index is 484. The predicted octanol–water partition coefficient (Wildman–Crippen LogP) is 2.64. The van der Waals surface area contributed by atoms with Crippen LogP contribution in [0.3, 0.4) is 0 Å². The lowest BCUT2D eigenvalue weighted by Crippen LogP contribution is -2.47. The molecule has 1 saturated carbocycles. The second-order valence-electron chi connectivity index (χ2n) is 5.28. The predicted molar refractivity (Wildman–Crippen MR) is 75.1 cm³/mol. The van der Waals surface area contributed by atoms with Gasteiger partial charge in [-0.2, -0.15) is 0 Å². The van der Waals surface area contributed by atoms with Crippen LogP contribution in [0.1, 0.15) is 32.1 Å². The van der Waals surface area contributed by atoms with Crippen molar-refractivity contribution in [1.82, 2.24) is 0 Å². The van der Waals surface area contributed by atoms with E-state index in [1.165, 1.54) is 13.5 Å². The molecule has 6 nitrogen and oxygen atoms in total. The summed E-state index contributed by atoms with van der Waals surface area (Å²) < 4.78 is 10.6. The number of para-hydroxylation sites is 1. The van der Waals surface area contributed by atoms with Crippen LogP contribution in [0, 0.1) is 10.1 Å². The number of ether oxygens (including phenoxy) is 2. The highest BCUT2D eigenvalue weighted by Crippen LogP contribution is 2.37. The van der Waals surface area contributed by atoms with Gasteiger partial charge in [-0.1, -0.05) is 25.3 Å². The van der Waals surface area contributed by atoms with E-state index in [2.05, 4.69) is 0 Å². The molecule has 6 heteroatoms. The molecule has 0 unspecified atom stereocenters. The van der Waals surface area contributed by atoms with Gasteiger partial charge in [0, 0.05) is 0 Å². The molecule has 2 N–H and O–H groups in total. The number of benzene rings is 1. The van der Waals surface area contributed by atoms with Crippen LogP contribution in [0.15, 0.2) is 18.2 Å². The van der Waals surface area contributed by atoms with Crippen molar-refractivity contribution < 1.29 is 14.4 Å². The normalized spacial score (nSPS) is 17.5. The third-order valence-electron chi connectivity index (χ3n) is 3.73. The van der Waals surface area contributed by atoms with Gasteiger partial charge in [0.15, 0.2) is 0 Å². The maximum absolute atomic E-state index is 11.1. The third-order valence-corrected chi connectivity index (χ3v) is 3.73. The summed E-state index contributed by atoms with van der Waals surface area (Å²) in [5, 5.41) is 11.1. The van der Waals surface area contributed by atoms with Crippen LogP contribution in [-0.4, -0.2) is 24.2 Å². The summed E-state index contributed by atoms with van der Waals surface area (Å²) >= 11 is 0. The van der Waals surface area contributed by atoms with Crippen LogP contribution in [0.2, 0.25) is 0 Å². The molecule has 0 radical (unpaired) electrons. The van der Waals surface area contributed by atoms with E-state index in [-0.39, 0.29) is 22.7 Å². The number of nitrogens with zero attached hydrogens (tertiary/aromatic N) is 1. The Morgan fingerprint density at radius 3 is 2.55 bits per heavy atom. The maximum Gasteiger partial charge on any atom is 0.352 e. The van der Waals surface area contributed by atoms with Gasteiger partial charge >= 0.3 is 5.69 Å². The molecule has 0 bridgehead atoms. The van der Waals surface area contributed by atoms with Gasteiger partial charge in [-0.25, -0.2) is 0 Å². The fourth-order valence-electron chi connectivity index (χ4n) is 2.59. The molecule has 110 valence electrons. The monoisotopic (exact) mass is 280 g/mol. The zero-order valence-electron chi connectivity index (χ0n) is 11.6. The number of nitro groups is 1. The third kappa shape index (κ3) is 3.19. The van der Waals surface area contributed by atoms with Crippen LogP contribution in [0.5, 0.6) is 11.5 Å². The first kappa shape index (κ1) is 14.6. The number of nitro benzene ring substituents is 1. The van der Waals surface area contributed by atoms with E-state index in [9.17, 15) is 10.1 Å². The molecule has 2 rings (SSSR count). The van der Waals surface area contributed by atoms with E-state index in [1.807, 2.05) is 0 Å². The van der Waals surface area contributed by atoms with Crippen molar-refractivity contribution in [2.45, 2.75) is 37.6 Å². The summed E-state index contributed by atoms with van der Waals surface area (Å²) in [5.41, 5.74) is 5.75. The Kier molecular flexibility index (Phi) is 4.44. The fourth-order valence-corrected chi connectivity index (χ4v) is 2.59. The van der Waals surface area contributed by atoms with Gasteiger partial charge in [0.25, 0.3) is 0 Å². The molecule has 0 aliphatic heterocycles. The SMILES string of the molecule is COc1cccc(OCC2(N)CCCCC2)c1[N+](=O)[O-]. The van der Waals surface area contributed by atoms with Crippen molar-refractivity contribution in [2.24, 2.45) is 5.73 Å². The molecule has 0 heterocycles. The van der Waals surface area contributed by atoms with E-state index in [1.54, 1.807) is 18.2 Å². The van der Waals surface area contributed by atoms with E-state index < -0.39 is 4.92 Å². The summed E-state index contributed by atoms with van der Waals surface area (Å²) in [5.74, 6) is 0.409. The van der Waals surface area contributed by atoms with Crippen LogP contribution in [0.4, 0.5) is 5.69 Å². The minimum absolute atomic E-state index is 0.144. The van der Waals surface area contributed by atoms with Crippen LogP contribution in [-0.2, 0) is 0 Å². The van der Waals surface area contributed by atoms with Crippen molar-refractivity contribution in [3.05, 3.63) is 28.3 Å². The molecular formula is C14H20N2O4. The largest absolute Gasteiger partial charge is 0.490 e. The second-order valence-corrected chi connectivity index (χ2v) is 5.28. The molecule has 0 aromatic heterocycles. The quantitative estimate of drug-likeness (QED) is 0.661. The lowest BCUT2D eigenvalue weighted by molar-refractivity contribution is -0.386. The average Bonchev–Trinajstić information content (AvgIpc) is 2.45. The molecule has 1 fully saturated rings. The topological polar surface area (TPSA) is 87.6 Å². The van der Waals surface area contributed by atoms with Gasteiger partial charge < -0.3 is 15.2 Å². The van der Waals surface area contributed by atoms with Gasteiger partial charge in [-0.3, -0.25) is 10.1 Å². The number of hydrogen-bond donors (Lipinski definition) is 1. The van der Waals surface area contributed by atoms with Gasteiger partial charge in [0.2, 0.25) is 11.5 Å². The first-order chi connectivity index (χ1) is 9.56. The molecular weight excluding hydrogens is 260 g/mol. The highest BCUT2D eigenvalue weighted by atomic mass is 16.6. The van der Waals surface area contributed by atoms with Gasteiger partial charge in [-0.05, 0) is 25.0 Å². The van der Waals surface area contributed by atoms with E-state index >= 15 is 0 Å². The molecule has 1 aliphatic carbocycles. The summed E-state index contributed by atoms with van der Waals surface area (Å²) in [7, 11) is 1.40.